The average molecular weight is 234 g/mol. The number of Topliss-reactive ketones (excluding diaryl/α,β-unsaturated/α-hetero) is 1. The third kappa shape index (κ3) is 3.16. The van der Waals surface area contributed by atoms with Crippen LogP contribution < -0.4 is 0 Å². The van der Waals surface area contributed by atoms with Crippen molar-refractivity contribution < 1.29 is 14.7 Å². The Labute approximate surface area is 101 Å². The van der Waals surface area contributed by atoms with E-state index in [0.717, 1.165) is 12.0 Å². The van der Waals surface area contributed by atoms with Crippen molar-refractivity contribution in [1.82, 2.24) is 0 Å². The molecule has 0 heterocycles. The zero-order valence-corrected chi connectivity index (χ0v) is 10.4. The third-order valence-electron chi connectivity index (χ3n) is 3.12. The van der Waals surface area contributed by atoms with E-state index >= 15 is 0 Å². The van der Waals surface area contributed by atoms with E-state index in [2.05, 4.69) is 6.92 Å². The molecule has 0 bridgehead atoms. The molecule has 0 amide bonds. The number of ketones is 1. The number of carbonyl (C=O) groups is 2. The highest BCUT2D eigenvalue weighted by Crippen LogP contribution is 2.25. The molecule has 0 radical (unpaired) electrons. The largest absolute Gasteiger partial charge is 0.481 e. The van der Waals surface area contributed by atoms with Gasteiger partial charge in [0.1, 0.15) is 11.7 Å². The molecule has 0 fully saturated rings. The van der Waals surface area contributed by atoms with Crippen LogP contribution in [0.4, 0.5) is 0 Å². The lowest BCUT2D eigenvalue weighted by molar-refractivity contribution is -0.146. The summed E-state index contributed by atoms with van der Waals surface area (Å²) in [6, 6.07) is 7.76. The fourth-order valence-corrected chi connectivity index (χ4v) is 1.99. The minimum absolute atomic E-state index is 0.295. The molecule has 0 aromatic heterocycles. The summed E-state index contributed by atoms with van der Waals surface area (Å²) < 4.78 is 0. The van der Waals surface area contributed by atoms with Gasteiger partial charge in [0.05, 0.1) is 0 Å². The van der Waals surface area contributed by atoms with Crippen LogP contribution in [0.2, 0.25) is 0 Å². The summed E-state index contributed by atoms with van der Waals surface area (Å²) in [5.74, 6) is -2.60. The van der Waals surface area contributed by atoms with Gasteiger partial charge in [0, 0.05) is 5.92 Å². The van der Waals surface area contributed by atoms with E-state index < -0.39 is 11.9 Å². The standard InChI is InChI=1S/C14H18O3/c1-4-11-5-7-12(8-6-11)9(2)13(10(3)15)14(16)17/h5-9,13H,4H2,1-3H3,(H,16,17). The number of aryl methyl sites for hydroxylation is 1. The quantitative estimate of drug-likeness (QED) is 0.797. The van der Waals surface area contributed by atoms with E-state index in [-0.39, 0.29) is 11.7 Å². The van der Waals surface area contributed by atoms with Crippen LogP contribution in [0.1, 0.15) is 37.8 Å². The van der Waals surface area contributed by atoms with Crippen molar-refractivity contribution >= 4 is 11.8 Å². The number of carboxylic acid groups (broad SMARTS) is 1. The molecule has 1 N–H and O–H groups in total. The van der Waals surface area contributed by atoms with Crippen molar-refractivity contribution in [2.75, 3.05) is 0 Å². The van der Waals surface area contributed by atoms with Crippen molar-refractivity contribution in [2.45, 2.75) is 33.1 Å². The number of hydrogen-bond acceptors (Lipinski definition) is 2. The molecule has 0 aliphatic heterocycles. The smallest absolute Gasteiger partial charge is 0.314 e. The predicted molar refractivity (Wildman–Crippen MR) is 66.0 cm³/mol. The highest BCUT2D eigenvalue weighted by atomic mass is 16.4. The van der Waals surface area contributed by atoms with Gasteiger partial charge >= 0.3 is 5.97 Å². The lowest BCUT2D eigenvalue weighted by Crippen LogP contribution is -2.26. The minimum atomic E-state index is -1.05. The minimum Gasteiger partial charge on any atom is -0.481 e. The molecule has 0 saturated carbocycles. The summed E-state index contributed by atoms with van der Waals surface area (Å²) in [5, 5.41) is 9.06. The molecular formula is C14H18O3. The van der Waals surface area contributed by atoms with E-state index in [4.69, 9.17) is 5.11 Å². The van der Waals surface area contributed by atoms with Gasteiger partial charge in [-0.25, -0.2) is 0 Å². The van der Waals surface area contributed by atoms with Crippen LogP contribution in [0.5, 0.6) is 0 Å². The fraction of sp³-hybridized carbons (Fsp3) is 0.429. The monoisotopic (exact) mass is 234 g/mol. The Bertz CT molecular complexity index is 392. The second-order valence-electron chi connectivity index (χ2n) is 4.31. The topological polar surface area (TPSA) is 54.4 Å². The molecular weight excluding hydrogens is 216 g/mol. The molecule has 3 heteroatoms. The van der Waals surface area contributed by atoms with Crippen molar-refractivity contribution in [3.63, 3.8) is 0 Å². The normalized spacial score (nSPS) is 14.1. The van der Waals surface area contributed by atoms with Crippen LogP contribution in [0.15, 0.2) is 24.3 Å². The van der Waals surface area contributed by atoms with Gasteiger partial charge in [0.25, 0.3) is 0 Å². The number of benzene rings is 1. The van der Waals surface area contributed by atoms with Crippen LogP contribution >= 0.6 is 0 Å². The highest BCUT2D eigenvalue weighted by Gasteiger charge is 2.29. The predicted octanol–water partition coefficient (Wildman–Crippen LogP) is 2.64. The van der Waals surface area contributed by atoms with E-state index in [9.17, 15) is 9.59 Å². The Morgan fingerprint density at radius 3 is 2.12 bits per heavy atom. The van der Waals surface area contributed by atoms with Gasteiger partial charge in [-0.2, -0.15) is 0 Å². The van der Waals surface area contributed by atoms with Gasteiger partial charge in [0.2, 0.25) is 0 Å². The van der Waals surface area contributed by atoms with E-state index in [1.165, 1.54) is 12.5 Å². The fourth-order valence-electron chi connectivity index (χ4n) is 1.99. The molecule has 1 rings (SSSR count). The molecule has 0 aliphatic rings. The first-order valence-electron chi connectivity index (χ1n) is 5.79. The molecule has 1 aromatic rings. The van der Waals surface area contributed by atoms with Crippen molar-refractivity contribution in [2.24, 2.45) is 5.92 Å². The summed E-state index contributed by atoms with van der Waals surface area (Å²) in [4.78, 5) is 22.4. The molecule has 17 heavy (non-hydrogen) atoms. The maximum Gasteiger partial charge on any atom is 0.314 e. The SMILES string of the molecule is CCc1ccc(C(C)C(C(C)=O)C(=O)O)cc1. The lowest BCUT2D eigenvalue weighted by Gasteiger charge is -2.18. The van der Waals surface area contributed by atoms with Crippen LogP contribution in [0.25, 0.3) is 0 Å². The number of hydrogen-bond donors (Lipinski definition) is 1. The van der Waals surface area contributed by atoms with Crippen molar-refractivity contribution in [1.29, 1.82) is 0 Å². The number of aliphatic carboxylic acids is 1. The van der Waals surface area contributed by atoms with Crippen molar-refractivity contribution in [3.8, 4) is 0 Å². The zero-order chi connectivity index (χ0) is 13.0. The molecule has 0 aliphatic carbocycles. The molecule has 1 aromatic carbocycles. The average Bonchev–Trinajstić information content (AvgIpc) is 2.28. The lowest BCUT2D eigenvalue weighted by atomic mass is 9.85. The van der Waals surface area contributed by atoms with E-state index in [1.54, 1.807) is 6.92 Å². The van der Waals surface area contributed by atoms with Crippen molar-refractivity contribution in [3.05, 3.63) is 35.4 Å². The second kappa shape index (κ2) is 5.62. The Balaban J connectivity index is 2.97. The first-order valence-corrected chi connectivity index (χ1v) is 5.79. The van der Waals surface area contributed by atoms with E-state index in [0.29, 0.717) is 0 Å². The summed E-state index contributed by atoms with van der Waals surface area (Å²) in [7, 11) is 0. The Morgan fingerprint density at radius 1 is 1.24 bits per heavy atom. The van der Waals surface area contributed by atoms with Crippen LogP contribution in [-0.4, -0.2) is 16.9 Å². The Morgan fingerprint density at radius 2 is 1.76 bits per heavy atom. The maximum atomic E-state index is 11.3. The Kier molecular flexibility index (Phi) is 4.44. The third-order valence-corrected chi connectivity index (χ3v) is 3.12. The first-order chi connectivity index (χ1) is 7.97. The van der Waals surface area contributed by atoms with Gasteiger partial charge in [-0.1, -0.05) is 38.1 Å². The van der Waals surface area contributed by atoms with E-state index in [1.807, 2.05) is 24.3 Å². The van der Waals surface area contributed by atoms with Crippen LogP contribution in [-0.2, 0) is 16.0 Å². The summed E-state index contributed by atoms with van der Waals surface area (Å²) in [5.41, 5.74) is 2.10. The maximum absolute atomic E-state index is 11.3. The molecule has 3 nitrogen and oxygen atoms in total. The van der Waals surface area contributed by atoms with Gasteiger partial charge < -0.3 is 5.11 Å². The summed E-state index contributed by atoms with van der Waals surface area (Å²) in [6.45, 7) is 5.17. The molecule has 0 spiro atoms. The number of carbonyl (C=O) groups excluding carboxylic acids is 1. The molecule has 0 saturated heterocycles. The Hall–Kier alpha value is -1.64. The van der Waals surface area contributed by atoms with Gasteiger partial charge in [-0.05, 0) is 24.5 Å². The molecule has 92 valence electrons. The molecule has 2 unspecified atom stereocenters. The summed E-state index contributed by atoms with van der Waals surface area (Å²) >= 11 is 0. The number of carboxylic acids is 1. The molecule has 2 atom stereocenters. The highest BCUT2D eigenvalue weighted by molar-refractivity contribution is 5.97. The number of rotatable bonds is 5. The second-order valence-corrected chi connectivity index (χ2v) is 4.31. The van der Waals surface area contributed by atoms with Gasteiger partial charge in [0.15, 0.2) is 0 Å². The van der Waals surface area contributed by atoms with Crippen LogP contribution in [0, 0.1) is 5.92 Å². The first kappa shape index (κ1) is 13.4. The summed E-state index contributed by atoms with van der Waals surface area (Å²) in [6.07, 6.45) is 0.948. The van der Waals surface area contributed by atoms with Gasteiger partial charge in [-0.3, -0.25) is 9.59 Å². The van der Waals surface area contributed by atoms with Gasteiger partial charge in [-0.15, -0.1) is 0 Å². The zero-order valence-electron chi connectivity index (χ0n) is 10.4. The van der Waals surface area contributed by atoms with Crippen LogP contribution in [0.3, 0.4) is 0 Å².